The monoisotopic (exact) mass is 421 g/mol. The fraction of sp³-hybridized carbons (Fsp3) is 0.348. The van der Waals surface area contributed by atoms with Crippen molar-refractivity contribution in [3.05, 3.63) is 71.0 Å². The molecule has 2 amide bonds. The van der Waals surface area contributed by atoms with Crippen LogP contribution in [0.15, 0.2) is 48.5 Å². The van der Waals surface area contributed by atoms with Crippen molar-refractivity contribution in [2.45, 2.75) is 33.2 Å². The maximum atomic E-state index is 12.7. The Balaban J connectivity index is 1.35. The number of hydrogen-bond donors (Lipinski definition) is 1. The van der Waals surface area contributed by atoms with E-state index in [1.807, 2.05) is 36.1 Å². The van der Waals surface area contributed by atoms with E-state index in [1.54, 1.807) is 0 Å². The highest BCUT2D eigenvalue weighted by atomic mass is 32.1. The zero-order valence-corrected chi connectivity index (χ0v) is 18.4. The van der Waals surface area contributed by atoms with Crippen LogP contribution in [0.1, 0.15) is 29.4 Å². The first-order chi connectivity index (χ1) is 14.5. The molecular weight excluding hydrogens is 394 g/mol. The normalized spacial score (nSPS) is 16.6. The zero-order valence-electron chi connectivity index (χ0n) is 17.6. The van der Waals surface area contributed by atoms with E-state index in [9.17, 15) is 4.79 Å². The van der Waals surface area contributed by atoms with Gasteiger partial charge in [0.2, 0.25) is 5.13 Å². The van der Waals surface area contributed by atoms with E-state index in [2.05, 4.69) is 52.7 Å². The number of rotatable bonds is 4. The predicted molar refractivity (Wildman–Crippen MR) is 122 cm³/mol. The maximum Gasteiger partial charge on any atom is 0.322 e. The third-order valence-electron chi connectivity index (χ3n) is 5.37. The highest BCUT2D eigenvalue weighted by Gasteiger charge is 2.29. The van der Waals surface area contributed by atoms with Crippen LogP contribution in [-0.2, 0) is 6.42 Å². The van der Waals surface area contributed by atoms with Gasteiger partial charge >= 0.3 is 6.03 Å². The molecule has 1 unspecified atom stereocenters. The molecule has 1 fully saturated rings. The lowest BCUT2D eigenvalue weighted by Crippen LogP contribution is -2.55. The van der Waals surface area contributed by atoms with E-state index in [0.29, 0.717) is 6.54 Å². The molecule has 1 aliphatic heterocycles. The van der Waals surface area contributed by atoms with E-state index in [0.717, 1.165) is 41.7 Å². The fourth-order valence-electron chi connectivity index (χ4n) is 3.68. The van der Waals surface area contributed by atoms with Gasteiger partial charge in [0, 0.05) is 49.3 Å². The van der Waals surface area contributed by atoms with E-state index >= 15 is 0 Å². The second-order valence-corrected chi connectivity index (χ2v) is 8.67. The van der Waals surface area contributed by atoms with Crippen LogP contribution in [0.2, 0.25) is 0 Å². The molecule has 0 aliphatic carbocycles. The van der Waals surface area contributed by atoms with Crippen molar-refractivity contribution in [1.29, 1.82) is 0 Å². The minimum absolute atomic E-state index is 0.0509. The van der Waals surface area contributed by atoms with Crippen molar-refractivity contribution in [1.82, 2.24) is 14.3 Å². The van der Waals surface area contributed by atoms with Crippen LogP contribution < -0.4 is 10.2 Å². The largest absolute Gasteiger partial charge is 0.343 e. The molecule has 2 aromatic carbocycles. The molecule has 0 bridgehead atoms. The number of carbonyl (C=O) groups excluding carboxylic acids is 1. The molecule has 3 aromatic rings. The summed E-state index contributed by atoms with van der Waals surface area (Å²) in [6.07, 6.45) is 0.741. The number of amides is 2. The Morgan fingerprint density at radius 3 is 2.67 bits per heavy atom. The van der Waals surface area contributed by atoms with Crippen molar-refractivity contribution in [3.8, 4) is 0 Å². The summed E-state index contributed by atoms with van der Waals surface area (Å²) in [5, 5.41) is 3.95. The Hall–Kier alpha value is -2.93. The minimum atomic E-state index is -0.0509. The Bertz CT molecular complexity index is 1020. The topological polar surface area (TPSA) is 61.4 Å². The van der Waals surface area contributed by atoms with Crippen molar-refractivity contribution in [2.75, 3.05) is 29.9 Å². The second kappa shape index (κ2) is 8.83. The van der Waals surface area contributed by atoms with E-state index in [1.165, 1.54) is 22.7 Å². The molecule has 1 N–H and O–H groups in total. The summed E-state index contributed by atoms with van der Waals surface area (Å²) in [7, 11) is 0. The molecular formula is C23H27N5OS. The number of hydrogen-bond acceptors (Lipinski definition) is 5. The summed E-state index contributed by atoms with van der Waals surface area (Å²) in [6, 6.07) is 16.4. The van der Waals surface area contributed by atoms with Gasteiger partial charge in [-0.05, 0) is 44.0 Å². The quantitative estimate of drug-likeness (QED) is 0.674. The number of nitrogens with one attached hydrogen (secondary N) is 1. The van der Waals surface area contributed by atoms with Crippen LogP contribution in [0, 0.1) is 13.8 Å². The van der Waals surface area contributed by atoms with Crippen LogP contribution in [0.25, 0.3) is 0 Å². The summed E-state index contributed by atoms with van der Waals surface area (Å²) in [5.74, 6) is 0.853. The molecule has 1 aromatic heterocycles. The van der Waals surface area contributed by atoms with Crippen molar-refractivity contribution < 1.29 is 4.79 Å². The highest BCUT2D eigenvalue weighted by Crippen LogP contribution is 2.23. The molecule has 4 rings (SSSR count). The van der Waals surface area contributed by atoms with Gasteiger partial charge in [-0.1, -0.05) is 42.0 Å². The number of aromatic nitrogens is 2. The number of nitrogens with zero attached hydrogens (tertiary/aromatic N) is 4. The molecule has 7 heteroatoms. The Labute approximate surface area is 181 Å². The van der Waals surface area contributed by atoms with Crippen molar-refractivity contribution >= 4 is 28.4 Å². The molecule has 30 heavy (non-hydrogen) atoms. The molecule has 2 heterocycles. The number of urea groups is 1. The van der Waals surface area contributed by atoms with E-state index in [4.69, 9.17) is 4.98 Å². The zero-order chi connectivity index (χ0) is 21.1. The number of piperazine rings is 1. The predicted octanol–water partition coefficient (Wildman–Crippen LogP) is 4.49. The first-order valence-electron chi connectivity index (χ1n) is 10.3. The third-order valence-corrected chi connectivity index (χ3v) is 6.18. The van der Waals surface area contributed by atoms with Gasteiger partial charge in [0.05, 0.1) is 0 Å². The average Bonchev–Trinajstić information content (AvgIpc) is 3.18. The van der Waals surface area contributed by atoms with Crippen LogP contribution in [-0.4, -0.2) is 46.0 Å². The van der Waals surface area contributed by atoms with Crippen LogP contribution in [0.5, 0.6) is 0 Å². The average molecular weight is 422 g/mol. The van der Waals surface area contributed by atoms with Gasteiger partial charge in [-0.3, -0.25) is 0 Å². The molecule has 0 radical (unpaired) electrons. The lowest BCUT2D eigenvalue weighted by Gasteiger charge is -2.39. The molecule has 0 spiro atoms. The summed E-state index contributed by atoms with van der Waals surface area (Å²) < 4.78 is 4.55. The van der Waals surface area contributed by atoms with Crippen LogP contribution in [0.4, 0.5) is 15.6 Å². The molecule has 6 nitrogen and oxygen atoms in total. The summed E-state index contributed by atoms with van der Waals surface area (Å²) in [4.78, 5) is 21.6. The first-order valence-corrected chi connectivity index (χ1v) is 11.0. The third kappa shape index (κ3) is 4.79. The standard InChI is InChI=1S/C23H27N5OS/c1-16-7-9-19(10-8-16)14-21-25-23(30-26-21)27-11-12-28(18(3)15-27)22(29)24-20-6-4-5-17(2)13-20/h4-10,13,18H,11-12,14-15H2,1-3H3,(H,24,29). The van der Waals surface area contributed by atoms with Gasteiger partial charge < -0.3 is 15.1 Å². The number of anilines is 2. The van der Waals surface area contributed by atoms with Crippen molar-refractivity contribution in [2.24, 2.45) is 0 Å². The van der Waals surface area contributed by atoms with Gasteiger partial charge in [0.25, 0.3) is 0 Å². The van der Waals surface area contributed by atoms with Gasteiger partial charge in [-0.25, -0.2) is 9.78 Å². The smallest absolute Gasteiger partial charge is 0.322 e. The summed E-state index contributed by atoms with van der Waals surface area (Å²) in [6.45, 7) is 8.35. The van der Waals surface area contributed by atoms with Gasteiger partial charge in [0.15, 0.2) is 0 Å². The number of benzene rings is 2. The summed E-state index contributed by atoms with van der Waals surface area (Å²) in [5.41, 5.74) is 4.43. The molecule has 0 saturated carbocycles. The summed E-state index contributed by atoms with van der Waals surface area (Å²) >= 11 is 1.44. The van der Waals surface area contributed by atoms with Gasteiger partial charge in [-0.2, -0.15) is 4.37 Å². The highest BCUT2D eigenvalue weighted by molar-refractivity contribution is 7.09. The lowest BCUT2D eigenvalue weighted by atomic mass is 10.1. The Kier molecular flexibility index (Phi) is 5.99. The van der Waals surface area contributed by atoms with Crippen LogP contribution in [0.3, 0.4) is 0 Å². The maximum absolute atomic E-state index is 12.7. The van der Waals surface area contributed by atoms with Gasteiger partial charge in [0.1, 0.15) is 5.82 Å². The Morgan fingerprint density at radius 2 is 1.93 bits per heavy atom. The minimum Gasteiger partial charge on any atom is -0.343 e. The lowest BCUT2D eigenvalue weighted by molar-refractivity contribution is 0.185. The molecule has 156 valence electrons. The number of aryl methyl sites for hydroxylation is 2. The Morgan fingerprint density at radius 1 is 1.13 bits per heavy atom. The van der Waals surface area contributed by atoms with E-state index < -0.39 is 0 Å². The molecule has 1 saturated heterocycles. The number of carbonyl (C=O) groups is 1. The SMILES string of the molecule is Cc1ccc(Cc2nsc(N3CCN(C(=O)Nc4cccc(C)c4)C(C)C3)n2)cc1. The van der Waals surface area contributed by atoms with Crippen molar-refractivity contribution in [3.63, 3.8) is 0 Å². The molecule has 1 aliphatic rings. The molecule has 1 atom stereocenters. The fourth-order valence-corrected chi connectivity index (χ4v) is 4.40. The van der Waals surface area contributed by atoms with E-state index in [-0.39, 0.29) is 12.1 Å². The second-order valence-electron chi connectivity index (χ2n) is 7.94. The van der Waals surface area contributed by atoms with Gasteiger partial charge in [-0.15, -0.1) is 0 Å². The van der Waals surface area contributed by atoms with Crippen LogP contribution >= 0.6 is 11.5 Å². The first kappa shape index (κ1) is 20.3.